The number of fused-ring (bicyclic) bond motifs is 4. The van der Waals surface area contributed by atoms with Crippen LogP contribution >= 0.6 is 68.0 Å². The molecule has 0 atom stereocenters. The number of carbonyl (C=O) groups excluding carboxylic acids is 4. The van der Waals surface area contributed by atoms with Crippen molar-refractivity contribution in [3.8, 4) is 40.4 Å². The molecule has 0 radical (unpaired) electrons. The highest BCUT2D eigenvalue weighted by atomic mass is 32.1. The molecule has 0 unspecified atom stereocenters. The first-order chi connectivity index (χ1) is 39.2. The predicted molar refractivity (Wildman–Crippen MR) is 348 cm³/mol. The van der Waals surface area contributed by atoms with Gasteiger partial charge in [0.15, 0.2) is 23.1 Å². The van der Waals surface area contributed by atoms with Crippen molar-refractivity contribution >= 4 is 123 Å². The molecule has 80 heavy (non-hydrogen) atoms. The Morgan fingerprint density at radius 1 is 0.350 bits per heavy atom. The molecule has 2 aliphatic rings. The molecule has 410 valence electrons. The normalized spacial score (nSPS) is 13.3. The molecule has 0 N–H and O–H groups in total. The first-order valence-corrected chi connectivity index (χ1v) is 34.3. The molecule has 9 aromatic rings. The van der Waals surface area contributed by atoms with Crippen LogP contribution < -0.4 is 0 Å². The zero-order chi connectivity index (χ0) is 55.3. The minimum absolute atomic E-state index is 0.189. The summed E-state index contributed by atoms with van der Waals surface area (Å²) in [4.78, 5) is 67.3. The second-order valence-corrected chi connectivity index (χ2v) is 28.4. The van der Waals surface area contributed by atoms with Gasteiger partial charge in [-0.1, -0.05) is 153 Å². The van der Waals surface area contributed by atoms with Gasteiger partial charge in [-0.05, 0) is 123 Å². The van der Waals surface area contributed by atoms with E-state index in [0.717, 1.165) is 74.0 Å². The number of allylic oxidation sites excluding steroid dienone is 2. The van der Waals surface area contributed by atoms with Crippen molar-refractivity contribution in [3.63, 3.8) is 0 Å². The molecule has 6 heterocycles. The number of benzene rings is 3. The Bertz CT molecular complexity index is 3460. The van der Waals surface area contributed by atoms with Crippen molar-refractivity contribution in [2.45, 2.75) is 156 Å². The number of rotatable bonds is 26. The predicted octanol–water partition coefficient (Wildman–Crippen LogP) is 22.4. The zero-order valence-electron chi connectivity index (χ0n) is 46.6. The van der Waals surface area contributed by atoms with E-state index in [4.69, 9.17) is 0 Å². The molecule has 0 fully saturated rings. The Balaban J connectivity index is 1.11. The first-order valence-electron chi connectivity index (χ1n) is 29.4. The first kappa shape index (κ1) is 56.4. The quantitative estimate of drug-likeness (QED) is 0.0308. The van der Waals surface area contributed by atoms with E-state index in [2.05, 4.69) is 76.2 Å². The second kappa shape index (κ2) is 25.8. The average Bonchev–Trinajstić information content (AvgIpc) is 4.55. The highest BCUT2D eigenvalue weighted by Gasteiger charge is 2.35. The molecule has 10 heteroatoms. The number of aryl methyl sites for hydroxylation is 4. The molecular weight excluding hydrogens is 1100 g/mol. The molecule has 0 spiro atoms. The number of unbranched alkanes of at least 4 members (excludes halogenated alkanes) is 12. The number of hydrogen-bond donors (Lipinski definition) is 0. The standard InChI is InChI=1S/C70H70O4S6/c1-5-9-13-17-25-43-37-47(39-55-63(71)49-29-21-22-30-50(49)64(55)72)77-67(43)59-41-53-61(57-35-33-45(75-57)27-19-15-11-7-3)70-54(62(69(53)79-59)58-36-34-46(76-58)28-20-16-12-8-4)42-60(80-70)68-44(26-18-14-10-6-2)38-48(78-68)40-56-65(73)51-31-23-24-32-52(51)66(56)74/h21-24,29-42H,5-20,25-28H2,1-4H3. The highest BCUT2D eigenvalue weighted by Crippen LogP contribution is 2.56. The Morgan fingerprint density at radius 2 is 0.700 bits per heavy atom. The number of thiophene rings is 6. The summed E-state index contributed by atoms with van der Waals surface area (Å²) in [6.07, 6.45) is 26.7. The fraction of sp³-hybridized carbons (Fsp3) is 0.343. The number of Topliss-reactive ketones (excluding diaryl/α,β-unsaturated/α-hetero) is 4. The summed E-state index contributed by atoms with van der Waals surface area (Å²) < 4.78 is 2.58. The van der Waals surface area contributed by atoms with Crippen LogP contribution in [0.2, 0.25) is 0 Å². The van der Waals surface area contributed by atoms with Gasteiger partial charge < -0.3 is 0 Å². The molecule has 2 aliphatic carbocycles. The Morgan fingerprint density at radius 3 is 1.05 bits per heavy atom. The summed E-state index contributed by atoms with van der Waals surface area (Å²) in [7, 11) is 0. The van der Waals surface area contributed by atoms with E-state index >= 15 is 0 Å². The smallest absolute Gasteiger partial charge is 0.197 e. The van der Waals surface area contributed by atoms with Gasteiger partial charge in [-0.2, -0.15) is 0 Å². The number of ketones is 4. The molecule has 0 saturated heterocycles. The van der Waals surface area contributed by atoms with Gasteiger partial charge in [0.1, 0.15) is 0 Å². The maximum absolute atomic E-state index is 13.8. The average molecular weight is 1170 g/mol. The van der Waals surface area contributed by atoms with Crippen LogP contribution in [0.5, 0.6) is 0 Å². The molecule has 0 aliphatic heterocycles. The van der Waals surface area contributed by atoms with Crippen molar-refractivity contribution in [2.24, 2.45) is 0 Å². The molecule has 6 aromatic heterocycles. The lowest BCUT2D eigenvalue weighted by molar-refractivity contribution is 0.0975. The van der Waals surface area contributed by atoms with Gasteiger partial charge in [-0.25, -0.2) is 0 Å². The summed E-state index contributed by atoms with van der Waals surface area (Å²) >= 11 is 11.1. The largest absolute Gasteiger partial charge is 0.288 e. The summed E-state index contributed by atoms with van der Waals surface area (Å²) in [5, 5.41) is 2.54. The van der Waals surface area contributed by atoms with Crippen molar-refractivity contribution in [2.75, 3.05) is 0 Å². The van der Waals surface area contributed by atoms with Crippen molar-refractivity contribution in [3.05, 3.63) is 161 Å². The van der Waals surface area contributed by atoms with Crippen molar-refractivity contribution in [1.82, 2.24) is 0 Å². The lowest BCUT2D eigenvalue weighted by Crippen LogP contribution is -1.99. The summed E-state index contributed by atoms with van der Waals surface area (Å²) in [6, 6.07) is 33.4. The summed E-state index contributed by atoms with van der Waals surface area (Å²) in [5.41, 5.74) is 7.63. The van der Waals surface area contributed by atoms with Gasteiger partial charge >= 0.3 is 0 Å². The van der Waals surface area contributed by atoms with E-state index in [1.807, 2.05) is 81.8 Å². The van der Waals surface area contributed by atoms with E-state index in [-0.39, 0.29) is 34.3 Å². The minimum Gasteiger partial charge on any atom is -0.288 e. The molecule has 11 rings (SSSR count). The van der Waals surface area contributed by atoms with Crippen LogP contribution in [0.4, 0.5) is 0 Å². The highest BCUT2D eigenvalue weighted by molar-refractivity contribution is 7.29. The van der Waals surface area contributed by atoms with E-state index in [1.165, 1.54) is 146 Å². The third-order valence-corrected chi connectivity index (χ3v) is 23.2. The monoisotopic (exact) mass is 1170 g/mol. The van der Waals surface area contributed by atoms with Crippen molar-refractivity contribution < 1.29 is 19.2 Å². The Hall–Kier alpha value is -5.46. The maximum atomic E-state index is 13.8. The second-order valence-electron chi connectivity index (χ2n) is 21.8. The van der Waals surface area contributed by atoms with Gasteiger partial charge in [0, 0.05) is 102 Å². The van der Waals surface area contributed by atoms with Gasteiger partial charge in [-0.15, -0.1) is 68.0 Å². The van der Waals surface area contributed by atoms with E-state index in [1.54, 1.807) is 46.9 Å². The van der Waals surface area contributed by atoms with Crippen LogP contribution in [0.1, 0.15) is 202 Å². The van der Waals surface area contributed by atoms with Gasteiger partial charge in [0.25, 0.3) is 0 Å². The molecule has 0 saturated carbocycles. The van der Waals surface area contributed by atoms with E-state index < -0.39 is 0 Å². The topological polar surface area (TPSA) is 68.3 Å². The van der Waals surface area contributed by atoms with E-state index in [0.29, 0.717) is 22.3 Å². The van der Waals surface area contributed by atoms with Crippen LogP contribution in [0.15, 0.2) is 108 Å². The lowest BCUT2D eigenvalue weighted by Gasteiger charge is -2.09. The molecule has 0 amide bonds. The van der Waals surface area contributed by atoms with Crippen LogP contribution in [0.3, 0.4) is 0 Å². The molecule has 0 bridgehead atoms. The number of carbonyl (C=O) groups is 4. The minimum atomic E-state index is -0.189. The zero-order valence-corrected chi connectivity index (χ0v) is 51.5. The van der Waals surface area contributed by atoms with Gasteiger partial charge in [0.2, 0.25) is 0 Å². The molecular formula is C70H70O4S6. The van der Waals surface area contributed by atoms with Gasteiger partial charge in [-0.3, -0.25) is 19.2 Å². The fourth-order valence-electron chi connectivity index (χ4n) is 11.6. The van der Waals surface area contributed by atoms with Crippen LogP contribution in [-0.2, 0) is 25.7 Å². The SMILES string of the molecule is CCCCCCc1ccc(-c2c3cc(-c4sc(C=C5C(=O)c6ccccc6C5=O)cc4CCCCCC)sc3c(-c3ccc(CCCCCC)s3)c3cc(-c4sc(C=C5C(=O)c6ccccc6C5=O)cc4CCCCCC)sc23)s1. The third kappa shape index (κ3) is 11.6. The Kier molecular flexibility index (Phi) is 18.2. The fourth-order valence-corrected chi connectivity index (χ4v) is 19.1. The summed E-state index contributed by atoms with van der Waals surface area (Å²) in [5.74, 6) is -0.754. The van der Waals surface area contributed by atoms with Gasteiger partial charge in [0.05, 0.1) is 11.1 Å². The molecule has 4 nitrogen and oxygen atoms in total. The van der Waals surface area contributed by atoms with E-state index in [9.17, 15) is 19.2 Å². The van der Waals surface area contributed by atoms with Crippen LogP contribution in [0.25, 0.3) is 72.7 Å². The Labute approximate surface area is 496 Å². The number of hydrogen-bond acceptors (Lipinski definition) is 10. The van der Waals surface area contributed by atoms with Crippen molar-refractivity contribution in [1.29, 1.82) is 0 Å². The van der Waals surface area contributed by atoms with Crippen LogP contribution in [-0.4, -0.2) is 23.1 Å². The summed E-state index contributed by atoms with van der Waals surface area (Å²) in [6.45, 7) is 9.07. The lowest BCUT2D eigenvalue weighted by atomic mass is 9.99. The maximum Gasteiger partial charge on any atom is 0.197 e. The third-order valence-electron chi connectivity index (χ3n) is 15.9. The van der Waals surface area contributed by atoms with Crippen LogP contribution in [0, 0.1) is 0 Å². The molecule has 3 aromatic carbocycles.